The number of hydrogen-bond acceptors (Lipinski definition) is 7. The molecular formula is C30H44N4O4. The number of amides is 2. The third-order valence-corrected chi connectivity index (χ3v) is 8.08. The van der Waals surface area contributed by atoms with Gasteiger partial charge in [-0.2, -0.15) is 0 Å². The average Bonchev–Trinajstić information content (AvgIpc) is 3.18. The van der Waals surface area contributed by atoms with Gasteiger partial charge in [0.1, 0.15) is 11.9 Å². The number of esters is 1. The van der Waals surface area contributed by atoms with Gasteiger partial charge < -0.3 is 9.64 Å². The number of hydrogen-bond donors (Lipinski definition) is 0. The van der Waals surface area contributed by atoms with E-state index >= 15 is 0 Å². The Labute approximate surface area is 227 Å². The molecule has 0 N–H and O–H groups in total. The average molecular weight is 525 g/mol. The first-order chi connectivity index (χ1) is 18.6. The third kappa shape index (κ3) is 7.65. The fraction of sp³-hybridized carbons (Fsp3) is 0.667. The van der Waals surface area contributed by atoms with E-state index in [0.29, 0.717) is 25.8 Å². The van der Waals surface area contributed by atoms with Crippen molar-refractivity contribution in [1.29, 1.82) is 0 Å². The first kappa shape index (κ1) is 28.3. The lowest BCUT2D eigenvalue weighted by atomic mass is 9.85. The summed E-state index contributed by atoms with van der Waals surface area (Å²) in [6, 6.07) is 5.92. The van der Waals surface area contributed by atoms with Crippen LogP contribution in [0, 0.1) is 11.8 Å². The molecule has 2 amide bonds. The Morgan fingerprint density at radius 2 is 1.58 bits per heavy atom. The minimum atomic E-state index is -0.519. The maximum absolute atomic E-state index is 13.1. The van der Waals surface area contributed by atoms with E-state index in [1.54, 1.807) is 6.20 Å². The van der Waals surface area contributed by atoms with Gasteiger partial charge in [-0.1, -0.05) is 63.7 Å². The lowest BCUT2D eigenvalue weighted by molar-refractivity contribution is -0.155. The molecule has 3 unspecified atom stereocenters. The number of unbranched alkanes of at least 4 members (excludes halogenated alkanes) is 6. The lowest BCUT2D eigenvalue weighted by Gasteiger charge is -2.37. The molecule has 2 aliphatic heterocycles. The van der Waals surface area contributed by atoms with Crippen LogP contribution in [0.1, 0.15) is 71.1 Å². The van der Waals surface area contributed by atoms with E-state index in [4.69, 9.17) is 4.74 Å². The lowest BCUT2D eigenvalue weighted by Crippen LogP contribution is -2.51. The molecular weight excluding hydrogens is 480 g/mol. The molecule has 1 aromatic rings. The number of allylic oxidation sites excluding steroid dienone is 2. The zero-order chi connectivity index (χ0) is 26.7. The van der Waals surface area contributed by atoms with E-state index in [1.807, 2.05) is 30.4 Å². The highest BCUT2D eigenvalue weighted by molar-refractivity contribution is 6.05. The second-order valence-corrected chi connectivity index (χ2v) is 10.9. The number of ether oxygens (including phenoxy) is 1. The molecule has 208 valence electrons. The van der Waals surface area contributed by atoms with Gasteiger partial charge >= 0.3 is 5.97 Å². The fourth-order valence-electron chi connectivity index (χ4n) is 5.84. The minimum absolute atomic E-state index is 0.113. The molecule has 2 saturated heterocycles. The molecule has 0 spiro atoms. The van der Waals surface area contributed by atoms with Gasteiger partial charge in [-0.05, 0) is 31.4 Å². The van der Waals surface area contributed by atoms with Gasteiger partial charge in [-0.3, -0.25) is 24.2 Å². The molecule has 1 aromatic heterocycles. The summed E-state index contributed by atoms with van der Waals surface area (Å²) in [4.78, 5) is 49.3. The van der Waals surface area contributed by atoms with Crippen molar-refractivity contribution in [2.45, 2.75) is 77.2 Å². The number of carbonyl (C=O) groups is 3. The van der Waals surface area contributed by atoms with Gasteiger partial charge in [0.05, 0.1) is 18.4 Å². The van der Waals surface area contributed by atoms with Crippen molar-refractivity contribution in [2.75, 3.05) is 44.2 Å². The van der Waals surface area contributed by atoms with Crippen molar-refractivity contribution in [3.8, 4) is 0 Å². The van der Waals surface area contributed by atoms with Crippen LogP contribution in [0.4, 0.5) is 5.82 Å². The summed E-state index contributed by atoms with van der Waals surface area (Å²) >= 11 is 0. The summed E-state index contributed by atoms with van der Waals surface area (Å²) in [5.41, 5.74) is 0. The van der Waals surface area contributed by atoms with E-state index in [9.17, 15) is 14.4 Å². The third-order valence-electron chi connectivity index (χ3n) is 8.08. The Morgan fingerprint density at radius 3 is 2.21 bits per heavy atom. The number of piperazine rings is 1. The molecule has 8 nitrogen and oxygen atoms in total. The number of pyridine rings is 1. The van der Waals surface area contributed by atoms with Gasteiger partial charge in [0.25, 0.3) is 0 Å². The normalized spacial score (nSPS) is 22.6. The number of likely N-dealkylation sites (tertiary alicyclic amines) is 1. The van der Waals surface area contributed by atoms with Crippen LogP contribution < -0.4 is 4.90 Å². The molecule has 3 atom stereocenters. The van der Waals surface area contributed by atoms with Crippen molar-refractivity contribution >= 4 is 23.6 Å². The van der Waals surface area contributed by atoms with Crippen LogP contribution in [0.25, 0.3) is 0 Å². The number of rotatable bonds is 14. The number of anilines is 1. The number of nitrogens with zero attached hydrogens (tertiary/aromatic N) is 4. The molecule has 0 saturated carbocycles. The van der Waals surface area contributed by atoms with Crippen LogP contribution in [-0.4, -0.2) is 77.9 Å². The number of carbonyl (C=O) groups excluding carboxylic acids is 3. The standard InChI is InChI=1S/C30H44N4O4/c1-2-3-4-5-6-7-8-16-28(35)38-24(23-34-29(36)25-13-9-10-14-26(25)30(34)37)22-32-18-20-33(21-19-32)27-15-11-12-17-31-27/h9-12,15,17,24-26H,2-8,13-14,16,18-23H2,1H3. The molecule has 38 heavy (non-hydrogen) atoms. The first-order valence-electron chi connectivity index (χ1n) is 14.6. The fourth-order valence-corrected chi connectivity index (χ4v) is 5.84. The molecule has 0 radical (unpaired) electrons. The highest BCUT2D eigenvalue weighted by Gasteiger charge is 2.48. The summed E-state index contributed by atoms with van der Waals surface area (Å²) in [6.45, 7) is 6.14. The number of aromatic nitrogens is 1. The van der Waals surface area contributed by atoms with Crippen molar-refractivity contribution in [2.24, 2.45) is 11.8 Å². The van der Waals surface area contributed by atoms with E-state index < -0.39 is 6.10 Å². The van der Waals surface area contributed by atoms with Crippen LogP contribution in [0.2, 0.25) is 0 Å². The van der Waals surface area contributed by atoms with Crippen LogP contribution in [0.15, 0.2) is 36.5 Å². The van der Waals surface area contributed by atoms with Crippen molar-refractivity contribution in [3.05, 3.63) is 36.5 Å². The molecule has 2 fully saturated rings. The molecule has 0 aromatic carbocycles. The summed E-state index contributed by atoms with van der Waals surface area (Å²) in [7, 11) is 0. The smallest absolute Gasteiger partial charge is 0.306 e. The topological polar surface area (TPSA) is 83.1 Å². The van der Waals surface area contributed by atoms with Gasteiger partial charge in [0, 0.05) is 45.3 Å². The van der Waals surface area contributed by atoms with Crippen molar-refractivity contribution in [3.63, 3.8) is 0 Å². The largest absolute Gasteiger partial charge is 0.459 e. The van der Waals surface area contributed by atoms with Gasteiger partial charge in [-0.15, -0.1) is 0 Å². The molecule has 3 aliphatic rings. The maximum atomic E-state index is 13.1. The summed E-state index contributed by atoms with van der Waals surface area (Å²) in [6.07, 6.45) is 14.8. The van der Waals surface area contributed by atoms with E-state index in [2.05, 4.69) is 21.7 Å². The SMILES string of the molecule is CCCCCCCCCC(=O)OC(CN1CCN(c2ccccn2)CC1)CN1C(=O)C2CC=CCC2C1=O. The van der Waals surface area contributed by atoms with Crippen LogP contribution in [-0.2, 0) is 19.1 Å². The predicted octanol–water partition coefficient (Wildman–Crippen LogP) is 4.21. The molecule has 8 heteroatoms. The highest BCUT2D eigenvalue weighted by atomic mass is 16.5. The van der Waals surface area contributed by atoms with Crippen LogP contribution in [0.3, 0.4) is 0 Å². The summed E-state index contributed by atoms with van der Waals surface area (Å²) in [5.74, 6) is -0.0185. The maximum Gasteiger partial charge on any atom is 0.306 e. The van der Waals surface area contributed by atoms with Crippen LogP contribution in [0.5, 0.6) is 0 Å². The molecule has 1 aliphatic carbocycles. The second-order valence-electron chi connectivity index (χ2n) is 10.9. The Balaban J connectivity index is 1.31. The zero-order valence-corrected chi connectivity index (χ0v) is 22.9. The summed E-state index contributed by atoms with van der Waals surface area (Å²) in [5, 5.41) is 0. The van der Waals surface area contributed by atoms with Crippen molar-refractivity contribution in [1.82, 2.24) is 14.8 Å². The van der Waals surface area contributed by atoms with E-state index in [-0.39, 0.29) is 36.2 Å². The van der Waals surface area contributed by atoms with Crippen molar-refractivity contribution < 1.29 is 19.1 Å². The monoisotopic (exact) mass is 524 g/mol. The van der Waals surface area contributed by atoms with Gasteiger partial charge in [0.2, 0.25) is 11.8 Å². The Hall–Kier alpha value is -2.74. The summed E-state index contributed by atoms with van der Waals surface area (Å²) < 4.78 is 5.95. The van der Waals surface area contributed by atoms with Gasteiger partial charge in [0.15, 0.2) is 0 Å². The molecule has 3 heterocycles. The predicted molar refractivity (Wildman–Crippen MR) is 147 cm³/mol. The zero-order valence-electron chi connectivity index (χ0n) is 22.9. The Bertz CT molecular complexity index is 919. The number of imide groups is 1. The van der Waals surface area contributed by atoms with Gasteiger partial charge in [-0.25, -0.2) is 4.98 Å². The minimum Gasteiger partial charge on any atom is -0.459 e. The first-order valence-corrected chi connectivity index (χ1v) is 14.6. The Morgan fingerprint density at radius 1 is 0.921 bits per heavy atom. The quantitative estimate of drug-likeness (QED) is 0.156. The van der Waals surface area contributed by atoms with E-state index in [0.717, 1.165) is 51.3 Å². The van der Waals surface area contributed by atoms with E-state index in [1.165, 1.54) is 30.6 Å². The molecule has 0 bridgehead atoms. The van der Waals surface area contributed by atoms with Crippen LogP contribution >= 0.6 is 0 Å². The second kappa shape index (κ2) is 14.4. The molecule has 4 rings (SSSR count). The highest BCUT2D eigenvalue weighted by Crippen LogP contribution is 2.35. The number of fused-ring (bicyclic) bond motifs is 1. The Kier molecular flexibility index (Phi) is 10.7.